The number of ether oxygens (including phenoxy) is 1. The van der Waals surface area contributed by atoms with Crippen LogP contribution in [-0.2, 0) is 0 Å². The largest absolute Gasteiger partial charge is 0.573 e. The molecule has 0 aliphatic carbocycles. The van der Waals surface area contributed by atoms with Crippen molar-refractivity contribution < 1.29 is 22.7 Å². The number of carbonyl (C=O) groups excluding carboxylic acids is 1. The summed E-state index contributed by atoms with van der Waals surface area (Å²) in [7, 11) is 0. The summed E-state index contributed by atoms with van der Waals surface area (Å²) >= 11 is 0. The van der Waals surface area contributed by atoms with Gasteiger partial charge in [0.25, 0.3) is 0 Å². The number of Topliss-reactive ketones (excluding diaryl/α,β-unsaturated/α-hetero) is 1. The van der Waals surface area contributed by atoms with Crippen molar-refractivity contribution in [2.75, 3.05) is 0 Å². The highest BCUT2D eigenvalue weighted by molar-refractivity contribution is 6.01. The Bertz CT molecular complexity index is 621. The summed E-state index contributed by atoms with van der Waals surface area (Å²) in [5.41, 5.74) is 0.998. The minimum absolute atomic E-state index is 0.188. The number of benzene rings is 2. The van der Waals surface area contributed by atoms with Crippen LogP contribution in [-0.4, -0.2) is 12.1 Å². The molecule has 1 atom stereocenters. The predicted molar refractivity (Wildman–Crippen MR) is 72.3 cm³/mol. The first kappa shape index (κ1) is 15.1. The first-order valence-corrected chi connectivity index (χ1v) is 6.32. The van der Waals surface area contributed by atoms with Crippen molar-refractivity contribution in [2.24, 2.45) is 0 Å². The number of halogens is 3. The molecule has 2 aromatic carbocycles. The Morgan fingerprint density at radius 2 is 1.71 bits per heavy atom. The Hall–Kier alpha value is -2.30. The molecule has 5 heteroatoms. The van der Waals surface area contributed by atoms with Gasteiger partial charge in [0, 0.05) is 11.5 Å². The zero-order valence-electron chi connectivity index (χ0n) is 11.2. The third kappa shape index (κ3) is 4.08. The Morgan fingerprint density at radius 3 is 2.33 bits per heavy atom. The SMILES string of the molecule is CC(C(=O)c1cccc(OC(F)(F)F)c1)c1ccccc1. The normalized spacial score (nSPS) is 12.8. The van der Waals surface area contributed by atoms with Crippen LogP contribution in [0.25, 0.3) is 0 Å². The maximum Gasteiger partial charge on any atom is 0.573 e. The highest BCUT2D eigenvalue weighted by Gasteiger charge is 2.31. The summed E-state index contributed by atoms with van der Waals surface area (Å²) in [6.07, 6.45) is -4.77. The van der Waals surface area contributed by atoms with Crippen LogP contribution in [0.5, 0.6) is 5.75 Å². The van der Waals surface area contributed by atoms with E-state index in [4.69, 9.17) is 0 Å². The molecular weight excluding hydrogens is 281 g/mol. The zero-order valence-corrected chi connectivity index (χ0v) is 11.2. The molecule has 1 unspecified atom stereocenters. The molecule has 0 saturated carbocycles. The molecule has 0 bridgehead atoms. The van der Waals surface area contributed by atoms with Gasteiger partial charge in [-0.1, -0.05) is 49.4 Å². The van der Waals surface area contributed by atoms with Crippen LogP contribution in [0, 0.1) is 0 Å². The van der Waals surface area contributed by atoms with Gasteiger partial charge in [-0.25, -0.2) is 0 Å². The molecule has 2 nitrogen and oxygen atoms in total. The van der Waals surface area contributed by atoms with Gasteiger partial charge in [-0.3, -0.25) is 4.79 Å². The van der Waals surface area contributed by atoms with E-state index >= 15 is 0 Å². The van der Waals surface area contributed by atoms with Crippen LogP contribution in [0.3, 0.4) is 0 Å². The molecule has 0 fully saturated rings. The van der Waals surface area contributed by atoms with E-state index in [0.717, 1.165) is 17.7 Å². The summed E-state index contributed by atoms with van der Waals surface area (Å²) in [6.45, 7) is 1.72. The van der Waals surface area contributed by atoms with E-state index in [1.165, 1.54) is 12.1 Å². The molecule has 0 aliphatic rings. The summed E-state index contributed by atoms with van der Waals surface area (Å²) in [5.74, 6) is -1.09. The monoisotopic (exact) mass is 294 g/mol. The first-order valence-electron chi connectivity index (χ1n) is 6.32. The number of rotatable bonds is 4. The molecule has 0 amide bonds. The standard InChI is InChI=1S/C16H13F3O2/c1-11(12-6-3-2-4-7-12)15(20)13-8-5-9-14(10-13)21-16(17,18)19/h2-11H,1H3. The molecule has 0 aliphatic heterocycles. The van der Waals surface area contributed by atoms with Gasteiger partial charge < -0.3 is 4.74 Å². The Kier molecular flexibility index (Phi) is 4.31. The van der Waals surface area contributed by atoms with Gasteiger partial charge in [-0.15, -0.1) is 13.2 Å². The highest BCUT2D eigenvalue weighted by atomic mass is 19.4. The van der Waals surface area contributed by atoms with Crippen molar-refractivity contribution in [3.8, 4) is 5.75 Å². The lowest BCUT2D eigenvalue weighted by molar-refractivity contribution is -0.274. The molecule has 2 rings (SSSR count). The minimum Gasteiger partial charge on any atom is -0.406 e. The van der Waals surface area contributed by atoms with Crippen LogP contribution in [0.2, 0.25) is 0 Å². The third-order valence-corrected chi connectivity index (χ3v) is 3.04. The molecule has 2 aromatic rings. The van der Waals surface area contributed by atoms with E-state index < -0.39 is 18.0 Å². The minimum atomic E-state index is -4.77. The summed E-state index contributed by atoms with van der Waals surface area (Å²) in [5, 5.41) is 0. The second kappa shape index (κ2) is 5.99. The molecule has 0 N–H and O–H groups in total. The van der Waals surface area contributed by atoms with E-state index in [9.17, 15) is 18.0 Å². The van der Waals surface area contributed by atoms with Crippen LogP contribution >= 0.6 is 0 Å². The maximum absolute atomic E-state index is 12.3. The second-order valence-corrected chi connectivity index (χ2v) is 4.57. The van der Waals surface area contributed by atoms with E-state index in [-0.39, 0.29) is 11.3 Å². The predicted octanol–water partition coefficient (Wildman–Crippen LogP) is 4.57. The topological polar surface area (TPSA) is 26.3 Å². The van der Waals surface area contributed by atoms with Crippen LogP contribution < -0.4 is 4.74 Å². The van der Waals surface area contributed by atoms with Crippen LogP contribution in [0.1, 0.15) is 28.8 Å². The number of hydrogen-bond donors (Lipinski definition) is 0. The lowest BCUT2D eigenvalue weighted by atomic mass is 9.92. The Labute approximate surface area is 120 Å². The van der Waals surface area contributed by atoms with E-state index in [1.807, 2.05) is 18.2 Å². The molecule has 21 heavy (non-hydrogen) atoms. The van der Waals surface area contributed by atoms with Gasteiger partial charge in [0.05, 0.1) is 0 Å². The summed E-state index contributed by atoms with van der Waals surface area (Å²) in [6, 6.07) is 14.2. The zero-order chi connectivity index (χ0) is 15.5. The Morgan fingerprint density at radius 1 is 1.05 bits per heavy atom. The maximum atomic E-state index is 12.3. The molecule has 0 saturated heterocycles. The number of carbonyl (C=O) groups is 1. The van der Waals surface area contributed by atoms with Gasteiger partial charge in [0.2, 0.25) is 0 Å². The lowest BCUT2D eigenvalue weighted by Crippen LogP contribution is -2.17. The number of alkyl halides is 3. The van der Waals surface area contributed by atoms with Crippen molar-refractivity contribution in [1.29, 1.82) is 0 Å². The Balaban J connectivity index is 2.22. The molecule has 0 radical (unpaired) electrons. The molecule has 0 heterocycles. The van der Waals surface area contributed by atoms with Crippen molar-refractivity contribution in [2.45, 2.75) is 19.2 Å². The second-order valence-electron chi connectivity index (χ2n) is 4.57. The molecular formula is C16H13F3O2. The van der Waals surface area contributed by atoms with Crippen molar-refractivity contribution in [3.05, 3.63) is 65.7 Å². The molecule has 0 aromatic heterocycles. The smallest absolute Gasteiger partial charge is 0.406 e. The van der Waals surface area contributed by atoms with Gasteiger partial charge >= 0.3 is 6.36 Å². The summed E-state index contributed by atoms with van der Waals surface area (Å²) in [4.78, 5) is 12.3. The van der Waals surface area contributed by atoms with Crippen LogP contribution in [0.4, 0.5) is 13.2 Å². The quantitative estimate of drug-likeness (QED) is 0.772. The first-order chi connectivity index (χ1) is 9.87. The fraction of sp³-hybridized carbons (Fsp3) is 0.188. The number of ketones is 1. The lowest BCUT2D eigenvalue weighted by Gasteiger charge is -2.13. The van der Waals surface area contributed by atoms with Crippen molar-refractivity contribution in [3.63, 3.8) is 0 Å². The third-order valence-electron chi connectivity index (χ3n) is 3.04. The summed E-state index contributed by atoms with van der Waals surface area (Å²) < 4.78 is 40.4. The fourth-order valence-electron chi connectivity index (χ4n) is 1.99. The average molecular weight is 294 g/mol. The van der Waals surface area contributed by atoms with Gasteiger partial charge in [-0.05, 0) is 17.7 Å². The van der Waals surface area contributed by atoms with Crippen LogP contribution in [0.15, 0.2) is 54.6 Å². The number of hydrogen-bond acceptors (Lipinski definition) is 2. The van der Waals surface area contributed by atoms with E-state index in [0.29, 0.717) is 0 Å². The molecule has 0 spiro atoms. The van der Waals surface area contributed by atoms with Gasteiger partial charge in [-0.2, -0.15) is 0 Å². The molecule has 110 valence electrons. The highest BCUT2D eigenvalue weighted by Crippen LogP contribution is 2.26. The van der Waals surface area contributed by atoms with Crippen molar-refractivity contribution >= 4 is 5.78 Å². The van der Waals surface area contributed by atoms with E-state index in [1.54, 1.807) is 19.1 Å². The van der Waals surface area contributed by atoms with Gasteiger partial charge in [0.1, 0.15) is 5.75 Å². The van der Waals surface area contributed by atoms with E-state index in [2.05, 4.69) is 4.74 Å². The average Bonchev–Trinajstić information content (AvgIpc) is 2.45. The fourth-order valence-corrected chi connectivity index (χ4v) is 1.99. The van der Waals surface area contributed by atoms with Gasteiger partial charge in [0.15, 0.2) is 5.78 Å². The van der Waals surface area contributed by atoms with Crippen molar-refractivity contribution in [1.82, 2.24) is 0 Å².